The van der Waals surface area contributed by atoms with Gasteiger partial charge in [-0.2, -0.15) is 0 Å². The van der Waals surface area contributed by atoms with E-state index in [4.69, 9.17) is 21.1 Å². The van der Waals surface area contributed by atoms with Gasteiger partial charge < -0.3 is 19.7 Å². The van der Waals surface area contributed by atoms with Gasteiger partial charge in [0.1, 0.15) is 11.5 Å². The predicted octanol–water partition coefficient (Wildman–Crippen LogP) is 3.69. The molecular weight excluding hydrogens is 406 g/mol. The van der Waals surface area contributed by atoms with Gasteiger partial charge >= 0.3 is 6.03 Å². The summed E-state index contributed by atoms with van der Waals surface area (Å²) in [5.74, 6) is 0.985. The van der Waals surface area contributed by atoms with Gasteiger partial charge in [0.05, 0.1) is 7.11 Å². The first-order chi connectivity index (χ1) is 14.5. The summed E-state index contributed by atoms with van der Waals surface area (Å²) in [6.07, 6.45) is 0.467. The van der Waals surface area contributed by atoms with Crippen molar-refractivity contribution in [3.8, 4) is 11.5 Å². The molecule has 0 aliphatic carbocycles. The van der Waals surface area contributed by atoms with Crippen LogP contribution in [-0.2, 0) is 4.79 Å². The molecule has 2 aromatic rings. The minimum atomic E-state index is -0.300. The lowest BCUT2D eigenvalue weighted by Gasteiger charge is -2.19. The van der Waals surface area contributed by atoms with Crippen LogP contribution in [0.2, 0.25) is 5.02 Å². The van der Waals surface area contributed by atoms with Gasteiger partial charge in [-0.15, -0.1) is 0 Å². The smallest absolute Gasteiger partial charge is 0.324 e. The highest BCUT2D eigenvalue weighted by Gasteiger charge is 2.29. The third kappa shape index (κ3) is 5.67. The molecule has 0 unspecified atom stereocenters. The van der Waals surface area contributed by atoms with Gasteiger partial charge in [-0.3, -0.25) is 9.69 Å². The summed E-state index contributed by atoms with van der Waals surface area (Å²) in [7, 11) is 1.58. The summed E-state index contributed by atoms with van der Waals surface area (Å²) in [5, 5.41) is 3.34. The Morgan fingerprint density at radius 1 is 1.10 bits per heavy atom. The van der Waals surface area contributed by atoms with Crippen molar-refractivity contribution in [2.24, 2.45) is 0 Å². The van der Waals surface area contributed by atoms with Crippen LogP contribution < -0.4 is 19.7 Å². The number of urea groups is 1. The van der Waals surface area contributed by atoms with Crippen LogP contribution in [0, 0.1) is 0 Å². The molecule has 0 saturated carbocycles. The van der Waals surface area contributed by atoms with Crippen LogP contribution in [0.4, 0.5) is 10.5 Å². The van der Waals surface area contributed by atoms with Gasteiger partial charge in [-0.1, -0.05) is 18.2 Å². The summed E-state index contributed by atoms with van der Waals surface area (Å²) in [5.41, 5.74) is 1.35. The Morgan fingerprint density at radius 3 is 2.43 bits per heavy atom. The van der Waals surface area contributed by atoms with Crippen molar-refractivity contribution >= 4 is 29.2 Å². The predicted molar refractivity (Wildman–Crippen MR) is 116 cm³/mol. The number of rotatable bonds is 9. The first-order valence-electron chi connectivity index (χ1n) is 9.53. The standard InChI is InChI=1S/C22H24ClN3O4/c1-16(24-21(27)15-30-20-9-7-19(29-2)8-10-20)11-12-25-13-14-26(22(25)28)18-5-3-17(23)4-6-18/h3-10H,1,11-15H2,2H3,(H,24,27). The van der Waals surface area contributed by atoms with Crippen molar-refractivity contribution < 1.29 is 19.1 Å². The molecule has 1 fully saturated rings. The fourth-order valence-electron chi connectivity index (χ4n) is 3.04. The summed E-state index contributed by atoms with van der Waals surface area (Å²) in [6, 6.07) is 14.1. The number of hydrogen-bond donors (Lipinski definition) is 1. The second-order valence-electron chi connectivity index (χ2n) is 6.76. The number of nitrogens with zero attached hydrogens (tertiary/aromatic N) is 2. The van der Waals surface area contributed by atoms with Crippen LogP contribution in [0.3, 0.4) is 0 Å². The molecule has 3 rings (SSSR count). The molecule has 0 atom stereocenters. The van der Waals surface area contributed by atoms with E-state index < -0.39 is 0 Å². The maximum Gasteiger partial charge on any atom is 0.324 e. The maximum atomic E-state index is 12.6. The number of benzene rings is 2. The molecule has 1 aliphatic heterocycles. The number of methoxy groups -OCH3 is 1. The van der Waals surface area contributed by atoms with Crippen LogP contribution in [0.15, 0.2) is 60.8 Å². The van der Waals surface area contributed by atoms with Crippen molar-refractivity contribution in [1.82, 2.24) is 10.2 Å². The van der Waals surface area contributed by atoms with Crippen LogP contribution >= 0.6 is 11.6 Å². The molecule has 3 amide bonds. The molecule has 1 N–H and O–H groups in total. The molecule has 1 aliphatic rings. The van der Waals surface area contributed by atoms with E-state index >= 15 is 0 Å². The van der Waals surface area contributed by atoms with E-state index in [-0.39, 0.29) is 18.5 Å². The van der Waals surface area contributed by atoms with Gasteiger partial charge in [0.15, 0.2) is 6.61 Å². The van der Waals surface area contributed by atoms with Crippen LogP contribution in [0.25, 0.3) is 0 Å². The van der Waals surface area contributed by atoms with Crippen molar-refractivity contribution in [2.75, 3.05) is 38.3 Å². The minimum absolute atomic E-state index is 0.0701. The molecule has 0 radical (unpaired) electrons. The second kappa shape index (κ2) is 10.0. The number of nitrogens with one attached hydrogen (secondary N) is 1. The molecule has 2 aromatic carbocycles. The normalized spacial score (nSPS) is 13.3. The third-order valence-corrected chi connectivity index (χ3v) is 4.91. The average molecular weight is 430 g/mol. The number of ether oxygens (including phenoxy) is 2. The molecule has 30 heavy (non-hydrogen) atoms. The highest BCUT2D eigenvalue weighted by atomic mass is 35.5. The number of halogens is 1. The zero-order valence-corrected chi connectivity index (χ0v) is 17.5. The van der Waals surface area contributed by atoms with Crippen molar-refractivity contribution in [3.05, 3.63) is 65.8 Å². The SMILES string of the molecule is C=C(CCN1CCN(c2ccc(Cl)cc2)C1=O)NC(=O)COc1ccc(OC)cc1. The molecule has 8 heteroatoms. The number of amides is 3. The monoisotopic (exact) mass is 429 g/mol. The Balaban J connectivity index is 1.40. The van der Waals surface area contributed by atoms with E-state index in [0.29, 0.717) is 48.3 Å². The molecule has 158 valence electrons. The Bertz CT molecular complexity index is 900. The molecule has 0 aromatic heterocycles. The lowest BCUT2D eigenvalue weighted by Crippen LogP contribution is -2.34. The first-order valence-corrected chi connectivity index (χ1v) is 9.90. The number of hydrogen-bond acceptors (Lipinski definition) is 4. The highest BCUT2D eigenvalue weighted by molar-refractivity contribution is 6.30. The zero-order chi connectivity index (χ0) is 21.5. The Labute approximate surface area is 180 Å². The molecule has 7 nitrogen and oxygen atoms in total. The maximum absolute atomic E-state index is 12.6. The number of anilines is 1. The van der Waals surface area contributed by atoms with E-state index in [1.165, 1.54) is 0 Å². The van der Waals surface area contributed by atoms with E-state index in [2.05, 4.69) is 11.9 Å². The minimum Gasteiger partial charge on any atom is -0.497 e. The van der Waals surface area contributed by atoms with E-state index in [1.54, 1.807) is 53.3 Å². The Morgan fingerprint density at radius 2 is 1.77 bits per heavy atom. The third-order valence-electron chi connectivity index (χ3n) is 4.66. The Kier molecular flexibility index (Phi) is 7.19. The lowest BCUT2D eigenvalue weighted by atomic mass is 10.3. The summed E-state index contributed by atoms with van der Waals surface area (Å²) in [6.45, 7) is 5.44. The van der Waals surface area contributed by atoms with Crippen molar-refractivity contribution in [1.29, 1.82) is 0 Å². The van der Waals surface area contributed by atoms with Gasteiger partial charge in [0.2, 0.25) is 0 Å². The molecule has 0 bridgehead atoms. The molecule has 1 saturated heterocycles. The fourth-order valence-corrected chi connectivity index (χ4v) is 3.16. The topological polar surface area (TPSA) is 71.1 Å². The van der Waals surface area contributed by atoms with Gasteiger partial charge in [-0.05, 0) is 48.5 Å². The molecule has 1 heterocycles. The highest BCUT2D eigenvalue weighted by Crippen LogP contribution is 2.22. The van der Waals surface area contributed by atoms with Gasteiger partial charge in [-0.25, -0.2) is 4.79 Å². The largest absolute Gasteiger partial charge is 0.497 e. The quantitative estimate of drug-likeness (QED) is 0.660. The lowest BCUT2D eigenvalue weighted by molar-refractivity contribution is -0.122. The summed E-state index contributed by atoms with van der Waals surface area (Å²) < 4.78 is 10.5. The van der Waals surface area contributed by atoms with Gasteiger partial charge in [0.25, 0.3) is 5.91 Å². The van der Waals surface area contributed by atoms with Gasteiger partial charge in [0, 0.05) is 42.5 Å². The first kappa shape index (κ1) is 21.5. The molecule has 0 spiro atoms. The van der Waals surface area contributed by atoms with Crippen molar-refractivity contribution in [3.63, 3.8) is 0 Å². The number of carbonyl (C=O) groups is 2. The fraction of sp³-hybridized carbons (Fsp3) is 0.273. The Hall–Kier alpha value is -3.19. The molecular formula is C22H24ClN3O4. The summed E-state index contributed by atoms with van der Waals surface area (Å²) >= 11 is 5.91. The van der Waals surface area contributed by atoms with Crippen LogP contribution in [0.1, 0.15) is 6.42 Å². The number of carbonyl (C=O) groups excluding carboxylic acids is 2. The zero-order valence-electron chi connectivity index (χ0n) is 16.8. The second-order valence-corrected chi connectivity index (χ2v) is 7.20. The summed E-state index contributed by atoms with van der Waals surface area (Å²) in [4.78, 5) is 28.1. The average Bonchev–Trinajstić information content (AvgIpc) is 3.12. The van der Waals surface area contributed by atoms with E-state index in [0.717, 1.165) is 5.69 Å². The van der Waals surface area contributed by atoms with Crippen molar-refractivity contribution in [2.45, 2.75) is 6.42 Å². The van der Waals surface area contributed by atoms with E-state index in [9.17, 15) is 9.59 Å². The van der Waals surface area contributed by atoms with Crippen LogP contribution in [-0.4, -0.2) is 50.2 Å². The van der Waals surface area contributed by atoms with E-state index in [1.807, 2.05) is 12.1 Å². The van der Waals surface area contributed by atoms with Crippen LogP contribution in [0.5, 0.6) is 11.5 Å².